The van der Waals surface area contributed by atoms with Crippen LogP contribution in [0.5, 0.6) is 0 Å². The molecule has 4 heteroatoms. The highest BCUT2D eigenvalue weighted by Crippen LogP contribution is 2.21. The molecule has 0 radical (unpaired) electrons. The summed E-state index contributed by atoms with van der Waals surface area (Å²) in [4.78, 5) is 22.5. The second-order valence-electron chi connectivity index (χ2n) is 4.11. The molecule has 1 aromatic rings. The van der Waals surface area contributed by atoms with Gasteiger partial charge in [0.15, 0.2) is 0 Å². The lowest BCUT2D eigenvalue weighted by Gasteiger charge is -2.18. The van der Waals surface area contributed by atoms with E-state index in [0.29, 0.717) is 19.3 Å². The number of ether oxygens (including phenoxy) is 2. The van der Waals surface area contributed by atoms with Crippen molar-refractivity contribution in [3.8, 4) is 0 Å². The van der Waals surface area contributed by atoms with Crippen molar-refractivity contribution in [3.05, 3.63) is 35.9 Å². The van der Waals surface area contributed by atoms with Crippen LogP contribution in [-0.4, -0.2) is 18.5 Å². The Labute approximate surface area is 113 Å². The number of hydrogen-bond acceptors (Lipinski definition) is 4. The van der Waals surface area contributed by atoms with E-state index in [0.717, 1.165) is 5.56 Å². The first-order chi connectivity index (χ1) is 9.17. The first-order valence-electron chi connectivity index (χ1n) is 6.57. The fourth-order valence-electron chi connectivity index (χ4n) is 1.59. The molecule has 0 bridgehead atoms. The zero-order chi connectivity index (χ0) is 14.1. The highest BCUT2D eigenvalue weighted by Gasteiger charge is 2.16. The number of rotatable bonds is 7. The van der Waals surface area contributed by atoms with Gasteiger partial charge in [-0.25, -0.2) is 0 Å². The maximum Gasteiger partial charge on any atom is 0.306 e. The number of benzene rings is 1. The summed E-state index contributed by atoms with van der Waals surface area (Å²) in [5.41, 5.74) is 0.914. The Morgan fingerprint density at radius 2 is 1.68 bits per heavy atom. The minimum absolute atomic E-state index is 0.242. The molecule has 0 aliphatic rings. The fraction of sp³-hybridized carbons (Fsp3) is 0.467. The van der Waals surface area contributed by atoms with Crippen LogP contribution in [0.1, 0.15) is 44.8 Å². The van der Waals surface area contributed by atoms with Crippen LogP contribution in [0.3, 0.4) is 0 Å². The van der Waals surface area contributed by atoms with Crippen molar-refractivity contribution < 1.29 is 19.1 Å². The summed E-state index contributed by atoms with van der Waals surface area (Å²) in [7, 11) is 0. The Morgan fingerprint density at radius 3 is 2.26 bits per heavy atom. The van der Waals surface area contributed by atoms with Gasteiger partial charge in [-0.3, -0.25) is 9.59 Å². The SMILES string of the molecule is CCC(=O)OCC[C@H](OC(=O)CC)c1ccccc1. The monoisotopic (exact) mass is 264 g/mol. The van der Waals surface area contributed by atoms with Crippen molar-refractivity contribution in [1.82, 2.24) is 0 Å². The van der Waals surface area contributed by atoms with Crippen LogP contribution in [-0.2, 0) is 19.1 Å². The summed E-state index contributed by atoms with van der Waals surface area (Å²) in [6.45, 7) is 3.75. The fourth-order valence-corrected chi connectivity index (χ4v) is 1.59. The van der Waals surface area contributed by atoms with E-state index < -0.39 is 0 Å². The van der Waals surface area contributed by atoms with Gasteiger partial charge >= 0.3 is 11.9 Å². The summed E-state index contributed by atoms with van der Waals surface area (Å²) in [6.07, 6.45) is 0.794. The van der Waals surface area contributed by atoms with E-state index in [4.69, 9.17) is 9.47 Å². The summed E-state index contributed by atoms with van der Waals surface area (Å²) < 4.78 is 10.4. The van der Waals surface area contributed by atoms with E-state index in [1.165, 1.54) is 0 Å². The maximum absolute atomic E-state index is 11.4. The predicted molar refractivity (Wildman–Crippen MR) is 71.4 cm³/mol. The van der Waals surface area contributed by atoms with Gasteiger partial charge in [0.05, 0.1) is 6.61 Å². The third-order valence-corrected chi connectivity index (χ3v) is 2.67. The molecule has 19 heavy (non-hydrogen) atoms. The Hall–Kier alpha value is -1.84. The number of hydrogen-bond donors (Lipinski definition) is 0. The molecule has 1 rings (SSSR count). The molecule has 0 aromatic heterocycles. The standard InChI is InChI=1S/C15H20O4/c1-3-14(16)18-11-10-13(19-15(17)4-2)12-8-6-5-7-9-12/h5-9,13H,3-4,10-11H2,1-2H3/t13-/m0/s1. The molecular weight excluding hydrogens is 244 g/mol. The molecule has 0 saturated carbocycles. The Balaban J connectivity index is 2.60. The van der Waals surface area contributed by atoms with E-state index in [1.807, 2.05) is 30.3 Å². The summed E-state index contributed by atoms with van der Waals surface area (Å²) in [5.74, 6) is -0.496. The van der Waals surface area contributed by atoms with Crippen molar-refractivity contribution in [2.24, 2.45) is 0 Å². The predicted octanol–water partition coefficient (Wildman–Crippen LogP) is 3.02. The largest absolute Gasteiger partial charge is 0.466 e. The van der Waals surface area contributed by atoms with Crippen LogP contribution in [0.4, 0.5) is 0 Å². The summed E-state index contributed by atoms with van der Waals surface area (Å²) in [6, 6.07) is 9.48. The van der Waals surface area contributed by atoms with Crippen LogP contribution in [0.2, 0.25) is 0 Å². The first kappa shape index (κ1) is 15.2. The molecule has 0 saturated heterocycles. The molecule has 0 unspecified atom stereocenters. The van der Waals surface area contributed by atoms with Crippen LogP contribution >= 0.6 is 0 Å². The smallest absolute Gasteiger partial charge is 0.306 e. The molecule has 104 valence electrons. The van der Waals surface area contributed by atoms with Gasteiger partial charge in [0.25, 0.3) is 0 Å². The van der Waals surface area contributed by atoms with Gasteiger partial charge in [-0.15, -0.1) is 0 Å². The minimum atomic E-state index is -0.363. The van der Waals surface area contributed by atoms with Crippen LogP contribution in [0, 0.1) is 0 Å². The average Bonchev–Trinajstić information content (AvgIpc) is 2.46. The zero-order valence-electron chi connectivity index (χ0n) is 11.4. The Morgan fingerprint density at radius 1 is 1.05 bits per heavy atom. The molecule has 0 N–H and O–H groups in total. The third kappa shape index (κ3) is 5.55. The molecule has 0 fully saturated rings. The highest BCUT2D eigenvalue weighted by atomic mass is 16.6. The molecule has 4 nitrogen and oxygen atoms in total. The molecule has 0 aliphatic heterocycles. The lowest BCUT2D eigenvalue weighted by atomic mass is 10.1. The normalized spacial score (nSPS) is 11.7. The highest BCUT2D eigenvalue weighted by molar-refractivity contribution is 5.69. The van der Waals surface area contributed by atoms with Crippen molar-refractivity contribution in [1.29, 1.82) is 0 Å². The average molecular weight is 264 g/mol. The van der Waals surface area contributed by atoms with Gasteiger partial charge in [-0.2, -0.15) is 0 Å². The number of esters is 2. The van der Waals surface area contributed by atoms with Gasteiger partial charge in [-0.1, -0.05) is 44.2 Å². The minimum Gasteiger partial charge on any atom is -0.466 e. The van der Waals surface area contributed by atoms with Gasteiger partial charge < -0.3 is 9.47 Å². The van der Waals surface area contributed by atoms with Gasteiger partial charge in [0.2, 0.25) is 0 Å². The van der Waals surface area contributed by atoms with E-state index in [-0.39, 0.29) is 24.6 Å². The lowest BCUT2D eigenvalue weighted by molar-refractivity contribution is -0.151. The third-order valence-electron chi connectivity index (χ3n) is 2.67. The topological polar surface area (TPSA) is 52.6 Å². The van der Waals surface area contributed by atoms with Gasteiger partial charge in [-0.05, 0) is 5.56 Å². The summed E-state index contributed by atoms with van der Waals surface area (Å²) >= 11 is 0. The summed E-state index contributed by atoms with van der Waals surface area (Å²) in [5, 5.41) is 0. The van der Waals surface area contributed by atoms with E-state index >= 15 is 0 Å². The lowest BCUT2D eigenvalue weighted by Crippen LogP contribution is -2.14. The van der Waals surface area contributed by atoms with Crippen molar-refractivity contribution in [2.45, 2.75) is 39.2 Å². The number of carbonyl (C=O) groups is 2. The van der Waals surface area contributed by atoms with Crippen LogP contribution in [0.25, 0.3) is 0 Å². The molecule has 1 aromatic carbocycles. The van der Waals surface area contributed by atoms with Crippen molar-refractivity contribution >= 4 is 11.9 Å². The second kappa shape index (κ2) is 8.29. The van der Waals surface area contributed by atoms with E-state index in [1.54, 1.807) is 13.8 Å². The molecule has 1 atom stereocenters. The maximum atomic E-state index is 11.4. The second-order valence-corrected chi connectivity index (χ2v) is 4.11. The molecule has 0 aliphatic carbocycles. The van der Waals surface area contributed by atoms with Gasteiger partial charge in [0, 0.05) is 19.3 Å². The van der Waals surface area contributed by atoms with Crippen LogP contribution in [0.15, 0.2) is 30.3 Å². The van der Waals surface area contributed by atoms with Crippen molar-refractivity contribution in [2.75, 3.05) is 6.61 Å². The molecular formula is C15H20O4. The quantitative estimate of drug-likeness (QED) is 0.710. The van der Waals surface area contributed by atoms with E-state index in [9.17, 15) is 9.59 Å². The number of carbonyl (C=O) groups excluding carboxylic acids is 2. The molecule has 0 heterocycles. The molecule has 0 amide bonds. The van der Waals surface area contributed by atoms with Crippen molar-refractivity contribution in [3.63, 3.8) is 0 Å². The van der Waals surface area contributed by atoms with E-state index in [2.05, 4.69) is 0 Å². The van der Waals surface area contributed by atoms with Crippen LogP contribution < -0.4 is 0 Å². The van der Waals surface area contributed by atoms with Gasteiger partial charge in [0.1, 0.15) is 6.10 Å². The Bertz CT molecular complexity index is 400. The zero-order valence-corrected chi connectivity index (χ0v) is 11.4. The first-order valence-corrected chi connectivity index (χ1v) is 6.57. The molecule has 0 spiro atoms. The Kier molecular flexibility index (Phi) is 6.64.